The number of ketones is 1. The van der Waals surface area contributed by atoms with E-state index in [1.165, 1.54) is 19.2 Å². The van der Waals surface area contributed by atoms with Gasteiger partial charge < -0.3 is 14.8 Å². The Labute approximate surface area is 157 Å². The number of methoxy groups -OCH3 is 1. The topological polar surface area (TPSA) is 81.7 Å². The van der Waals surface area contributed by atoms with Gasteiger partial charge in [0.1, 0.15) is 6.54 Å². The number of rotatable bonds is 7. The van der Waals surface area contributed by atoms with E-state index in [0.717, 1.165) is 10.5 Å². The van der Waals surface area contributed by atoms with E-state index in [1.54, 1.807) is 24.3 Å². The summed E-state index contributed by atoms with van der Waals surface area (Å²) < 4.78 is 23.9. The Bertz CT molecular complexity index is 840. The Morgan fingerprint density at radius 3 is 2.54 bits per heavy atom. The maximum atomic E-state index is 13.6. The van der Waals surface area contributed by atoms with Crippen molar-refractivity contribution in [2.75, 3.05) is 20.3 Å². The first-order valence-electron chi connectivity index (χ1n) is 7.47. The number of esters is 1. The molecule has 0 saturated heterocycles. The molecule has 26 heavy (non-hydrogen) atoms. The van der Waals surface area contributed by atoms with Crippen molar-refractivity contribution < 1.29 is 28.2 Å². The van der Waals surface area contributed by atoms with Gasteiger partial charge in [-0.05, 0) is 36.4 Å². The summed E-state index contributed by atoms with van der Waals surface area (Å²) in [5, 5.41) is 2.39. The van der Waals surface area contributed by atoms with Gasteiger partial charge in [0, 0.05) is 15.6 Å². The van der Waals surface area contributed by atoms with Crippen molar-refractivity contribution in [3.05, 3.63) is 63.9 Å². The molecule has 8 heteroatoms. The second-order valence-corrected chi connectivity index (χ2v) is 6.04. The lowest BCUT2D eigenvalue weighted by Crippen LogP contribution is -2.31. The minimum Gasteiger partial charge on any atom is -0.494 e. The van der Waals surface area contributed by atoms with Crippen molar-refractivity contribution in [1.29, 1.82) is 0 Å². The lowest BCUT2D eigenvalue weighted by molar-refractivity contribution is -0.141. The molecule has 2 aromatic rings. The number of ether oxygens (including phenoxy) is 2. The van der Waals surface area contributed by atoms with Crippen LogP contribution >= 0.6 is 15.9 Å². The van der Waals surface area contributed by atoms with Crippen LogP contribution in [0.4, 0.5) is 4.39 Å². The second kappa shape index (κ2) is 9.10. The summed E-state index contributed by atoms with van der Waals surface area (Å²) in [7, 11) is 1.31. The van der Waals surface area contributed by atoms with Gasteiger partial charge >= 0.3 is 5.97 Å². The fraction of sp³-hybridized carbons (Fsp3) is 0.167. The zero-order valence-electron chi connectivity index (χ0n) is 13.8. The first-order valence-corrected chi connectivity index (χ1v) is 8.26. The molecule has 0 spiro atoms. The van der Waals surface area contributed by atoms with Gasteiger partial charge in [-0.25, -0.2) is 4.39 Å². The highest BCUT2D eigenvalue weighted by Gasteiger charge is 2.14. The molecule has 0 heterocycles. The van der Waals surface area contributed by atoms with Crippen LogP contribution in [0.1, 0.15) is 20.7 Å². The molecule has 0 bridgehead atoms. The Hall–Kier alpha value is -2.74. The van der Waals surface area contributed by atoms with Crippen LogP contribution in [-0.2, 0) is 9.53 Å². The van der Waals surface area contributed by atoms with E-state index < -0.39 is 36.6 Å². The van der Waals surface area contributed by atoms with Gasteiger partial charge in [0.15, 0.2) is 24.0 Å². The predicted octanol–water partition coefficient (Wildman–Crippen LogP) is 2.75. The number of nitrogens with one attached hydrogen (secondary N) is 1. The van der Waals surface area contributed by atoms with Crippen molar-refractivity contribution in [3.63, 3.8) is 0 Å². The first kappa shape index (κ1) is 19.6. The van der Waals surface area contributed by atoms with E-state index in [-0.39, 0.29) is 11.3 Å². The van der Waals surface area contributed by atoms with Crippen LogP contribution in [0.5, 0.6) is 5.75 Å². The molecule has 0 fully saturated rings. The van der Waals surface area contributed by atoms with Crippen LogP contribution in [0.2, 0.25) is 0 Å². The minimum absolute atomic E-state index is 0.00815. The number of amides is 1. The minimum atomic E-state index is -0.782. The number of Topliss-reactive ketones (excluding diaryl/α,β-unsaturated/α-hetero) is 1. The quantitative estimate of drug-likeness (QED) is 0.546. The molecule has 0 aromatic heterocycles. The number of carbonyl (C=O) groups is 3. The van der Waals surface area contributed by atoms with Gasteiger partial charge in [0.25, 0.3) is 5.91 Å². The summed E-state index contributed by atoms with van der Waals surface area (Å²) in [6.45, 7) is -0.951. The number of carbonyl (C=O) groups excluding carboxylic acids is 3. The number of hydrogen-bond donors (Lipinski definition) is 1. The molecule has 1 N–H and O–H groups in total. The monoisotopic (exact) mass is 423 g/mol. The maximum Gasteiger partial charge on any atom is 0.325 e. The van der Waals surface area contributed by atoms with E-state index in [1.807, 2.05) is 0 Å². The number of benzene rings is 2. The van der Waals surface area contributed by atoms with Crippen LogP contribution in [-0.4, -0.2) is 37.9 Å². The molecule has 136 valence electrons. The average Bonchev–Trinajstić information content (AvgIpc) is 2.64. The highest BCUT2D eigenvalue weighted by molar-refractivity contribution is 9.10. The number of hydrogen-bond acceptors (Lipinski definition) is 5. The van der Waals surface area contributed by atoms with Crippen molar-refractivity contribution in [2.24, 2.45) is 0 Å². The van der Waals surface area contributed by atoms with Crippen LogP contribution in [0, 0.1) is 5.82 Å². The van der Waals surface area contributed by atoms with Crippen LogP contribution in [0.25, 0.3) is 0 Å². The third-order valence-electron chi connectivity index (χ3n) is 3.32. The van der Waals surface area contributed by atoms with Gasteiger partial charge in [-0.1, -0.05) is 22.0 Å². The van der Waals surface area contributed by atoms with E-state index in [2.05, 4.69) is 21.2 Å². The second-order valence-electron chi connectivity index (χ2n) is 5.13. The average molecular weight is 424 g/mol. The van der Waals surface area contributed by atoms with E-state index in [0.29, 0.717) is 5.56 Å². The SMILES string of the molecule is COc1ccc(C(=O)COC(=O)CNC(=O)c2cccc(Br)c2)cc1F. The molecule has 1 amide bonds. The largest absolute Gasteiger partial charge is 0.494 e. The molecule has 2 rings (SSSR count). The normalized spacial score (nSPS) is 10.1. The third kappa shape index (κ3) is 5.38. The fourth-order valence-corrected chi connectivity index (χ4v) is 2.40. The molecule has 0 aliphatic carbocycles. The highest BCUT2D eigenvalue weighted by atomic mass is 79.9. The molecule has 2 aromatic carbocycles. The Morgan fingerprint density at radius 2 is 1.88 bits per heavy atom. The summed E-state index contributed by atoms with van der Waals surface area (Å²) >= 11 is 3.24. The molecule has 0 aliphatic heterocycles. The molecule has 6 nitrogen and oxygen atoms in total. The Kier molecular flexibility index (Phi) is 6.85. The smallest absolute Gasteiger partial charge is 0.325 e. The van der Waals surface area contributed by atoms with Crippen LogP contribution in [0.3, 0.4) is 0 Å². The third-order valence-corrected chi connectivity index (χ3v) is 3.81. The molecule has 0 saturated carbocycles. The van der Waals surface area contributed by atoms with Crippen LogP contribution in [0.15, 0.2) is 46.9 Å². The zero-order chi connectivity index (χ0) is 19.1. The molecular formula is C18H15BrFNO5. The maximum absolute atomic E-state index is 13.6. The number of halogens is 2. The van der Waals surface area contributed by atoms with Gasteiger partial charge in [-0.15, -0.1) is 0 Å². The van der Waals surface area contributed by atoms with E-state index in [9.17, 15) is 18.8 Å². The van der Waals surface area contributed by atoms with Gasteiger partial charge in [0.2, 0.25) is 0 Å². The summed E-state index contributed by atoms with van der Waals surface area (Å²) in [5.74, 6) is -2.49. The standard InChI is InChI=1S/C18H15BrFNO5/c1-25-16-6-5-11(8-14(16)20)15(22)10-26-17(23)9-21-18(24)12-3-2-4-13(19)7-12/h2-8H,9-10H2,1H3,(H,21,24). The predicted molar refractivity (Wildman–Crippen MR) is 94.7 cm³/mol. The Balaban J connectivity index is 1.82. The van der Waals surface area contributed by atoms with Gasteiger partial charge in [-0.3, -0.25) is 14.4 Å². The molecule has 0 radical (unpaired) electrons. The van der Waals surface area contributed by atoms with Gasteiger partial charge in [-0.2, -0.15) is 0 Å². The van der Waals surface area contributed by atoms with E-state index >= 15 is 0 Å². The van der Waals surface area contributed by atoms with Crippen LogP contribution < -0.4 is 10.1 Å². The van der Waals surface area contributed by atoms with Crippen molar-refractivity contribution >= 4 is 33.6 Å². The molecule has 0 aliphatic rings. The van der Waals surface area contributed by atoms with Crippen molar-refractivity contribution in [3.8, 4) is 5.75 Å². The Morgan fingerprint density at radius 1 is 1.12 bits per heavy atom. The summed E-state index contributed by atoms with van der Waals surface area (Å²) in [6.07, 6.45) is 0. The molecule has 0 unspecified atom stereocenters. The van der Waals surface area contributed by atoms with Gasteiger partial charge in [0.05, 0.1) is 7.11 Å². The summed E-state index contributed by atoms with van der Waals surface area (Å²) in [6, 6.07) is 10.3. The highest BCUT2D eigenvalue weighted by Crippen LogP contribution is 2.18. The fourth-order valence-electron chi connectivity index (χ4n) is 2.00. The van der Waals surface area contributed by atoms with Crippen molar-refractivity contribution in [1.82, 2.24) is 5.32 Å². The first-order chi connectivity index (χ1) is 12.4. The summed E-state index contributed by atoms with van der Waals surface area (Å²) in [5.41, 5.74) is 0.422. The summed E-state index contributed by atoms with van der Waals surface area (Å²) in [4.78, 5) is 35.5. The zero-order valence-corrected chi connectivity index (χ0v) is 15.3. The lowest BCUT2D eigenvalue weighted by Gasteiger charge is -2.07. The van der Waals surface area contributed by atoms with Crippen molar-refractivity contribution in [2.45, 2.75) is 0 Å². The lowest BCUT2D eigenvalue weighted by atomic mass is 10.1. The molecule has 0 atom stereocenters. The molecular weight excluding hydrogens is 409 g/mol. The van der Waals surface area contributed by atoms with E-state index in [4.69, 9.17) is 9.47 Å².